The molecule has 0 spiro atoms. The number of halogens is 1. The van der Waals surface area contributed by atoms with Crippen molar-refractivity contribution >= 4 is 28.2 Å². The van der Waals surface area contributed by atoms with Crippen LogP contribution in [0.5, 0.6) is 0 Å². The summed E-state index contributed by atoms with van der Waals surface area (Å²) in [7, 11) is 2.01. The van der Waals surface area contributed by atoms with Crippen molar-refractivity contribution < 1.29 is 0 Å². The van der Waals surface area contributed by atoms with Crippen LogP contribution in [0.4, 0.5) is 5.69 Å². The van der Waals surface area contributed by atoms with E-state index in [4.69, 9.17) is 11.6 Å². The summed E-state index contributed by atoms with van der Waals surface area (Å²) in [6, 6.07) is 7.78. The lowest BCUT2D eigenvalue weighted by atomic mass is 10.2. The van der Waals surface area contributed by atoms with Crippen molar-refractivity contribution in [3.8, 4) is 0 Å². The number of imidazole rings is 1. The Hall–Kier alpha value is -2.11. The molecule has 1 aromatic carbocycles. The van der Waals surface area contributed by atoms with Crippen molar-refractivity contribution in [1.82, 2.24) is 19.9 Å². The predicted octanol–water partition coefficient (Wildman–Crippen LogP) is 3.21. The Kier molecular flexibility index (Phi) is 5.10. The molecule has 0 aliphatic heterocycles. The van der Waals surface area contributed by atoms with Crippen molar-refractivity contribution in [2.24, 2.45) is 7.05 Å². The minimum Gasteiger partial charge on any atom is -0.384 e. The highest BCUT2D eigenvalue weighted by molar-refractivity contribution is 6.31. The van der Waals surface area contributed by atoms with Crippen LogP contribution in [0.25, 0.3) is 10.9 Å². The minimum absolute atomic E-state index is 0.709. The number of benzene rings is 1. The molecule has 6 heteroatoms. The topological polar surface area (TPSA) is 54.8 Å². The molecule has 0 fully saturated rings. The van der Waals surface area contributed by atoms with Crippen LogP contribution in [0.3, 0.4) is 0 Å². The molecule has 3 aromatic rings. The number of fused-ring (bicyclic) bond motifs is 1. The maximum atomic E-state index is 6.01. The van der Waals surface area contributed by atoms with E-state index in [2.05, 4.69) is 20.6 Å². The van der Waals surface area contributed by atoms with Gasteiger partial charge >= 0.3 is 0 Å². The van der Waals surface area contributed by atoms with E-state index < -0.39 is 0 Å². The fourth-order valence-corrected chi connectivity index (χ4v) is 2.65. The van der Waals surface area contributed by atoms with Gasteiger partial charge in [0.2, 0.25) is 0 Å². The van der Waals surface area contributed by atoms with Crippen molar-refractivity contribution in [2.75, 3.05) is 18.4 Å². The number of rotatable bonds is 7. The number of pyridine rings is 1. The van der Waals surface area contributed by atoms with Gasteiger partial charge in [-0.1, -0.05) is 11.6 Å². The van der Waals surface area contributed by atoms with Gasteiger partial charge in [-0.2, -0.15) is 0 Å². The molecule has 2 N–H and O–H groups in total. The molecule has 120 valence electrons. The van der Waals surface area contributed by atoms with E-state index >= 15 is 0 Å². The second kappa shape index (κ2) is 7.44. The average Bonchev–Trinajstić information content (AvgIpc) is 2.95. The third-order valence-corrected chi connectivity index (χ3v) is 3.99. The molecular weight excluding hydrogens is 310 g/mol. The molecule has 3 rings (SSSR count). The maximum absolute atomic E-state index is 6.01. The van der Waals surface area contributed by atoms with Crippen LogP contribution < -0.4 is 10.6 Å². The average molecular weight is 330 g/mol. The van der Waals surface area contributed by atoms with Gasteiger partial charge in [0, 0.05) is 48.3 Å². The Bertz CT molecular complexity index is 784. The lowest BCUT2D eigenvalue weighted by Crippen LogP contribution is -2.19. The summed E-state index contributed by atoms with van der Waals surface area (Å²) in [6.07, 6.45) is 6.61. The number of anilines is 1. The summed E-state index contributed by atoms with van der Waals surface area (Å²) in [4.78, 5) is 8.64. The molecule has 0 amide bonds. The van der Waals surface area contributed by atoms with Crippen LogP contribution in [0, 0.1) is 0 Å². The molecule has 0 aliphatic carbocycles. The van der Waals surface area contributed by atoms with Crippen LogP contribution >= 0.6 is 11.6 Å². The van der Waals surface area contributed by atoms with Crippen LogP contribution in [-0.4, -0.2) is 27.6 Å². The number of hydrogen-bond donors (Lipinski definition) is 2. The van der Waals surface area contributed by atoms with Gasteiger partial charge in [-0.05, 0) is 37.2 Å². The number of aryl methyl sites for hydroxylation is 1. The van der Waals surface area contributed by atoms with E-state index in [1.54, 1.807) is 6.20 Å². The smallest absolute Gasteiger partial charge is 0.122 e. The van der Waals surface area contributed by atoms with Crippen molar-refractivity contribution in [3.05, 3.63) is 53.7 Å². The number of nitrogens with one attached hydrogen (secondary N) is 2. The fourth-order valence-electron chi connectivity index (χ4n) is 2.48. The summed E-state index contributed by atoms with van der Waals surface area (Å²) < 4.78 is 2.03. The monoisotopic (exact) mass is 329 g/mol. The Labute approximate surface area is 140 Å². The summed E-state index contributed by atoms with van der Waals surface area (Å²) in [5, 5.41) is 8.68. The van der Waals surface area contributed by atoms with Crippen LogP contribution in [0.15, 0.2) is 42.9 Å². The van der Waals surface area contributed by atoms with E-state index in [1.807, 2.05) is 48.3 Å². The van der Waals surface area contributed by atoms with Gasteiger partial charge in [-0.15, -0.1) is 0 Å². The van der Waals surface area contributed by atoms with Gasteiger partial charge in [-0.3, -0.25) is 4.98 Å². The van der Waals surface area contributed by atoms with Gasteiger partial charge in [0.15, 0.2) is 0 Å². The van der Waals surface area contributed by atoms with Crippen molar-refractivity contribution in [3.63, 3.8) is 0 Å². The van der Waals surface area contributed by atoms with Crippen LogP contribution in [0.1, 0.15) is 12.2 Å². The summed E-state index contributed by atoms with van der Waals surface area (Å²) in [5.74, 6) is 1.05. The fraction of sp³-hybridized carbons (Fsp3) is 0.294. The minimum atomic E-state index is 0.709. The molecule has 0 aliphatic rings. The van der Waals surface area contributed by atoms with Gasteiger partial charge in [0.25, 0.3) is 0 Å². The zero-order valence-corrected chi connectivity index (χ0v) is 13.8. The molecule has 0 saturated carbocycles. The third kappa shape index (κ3) is 4.00. The Morgan fingerprint density at radius 1 is 1.13 bits per heavy atom. The van der Waals surface area contributed by atoms with E-state index in [1.165, 1.54) is 0 Å². The van der Waals surface area contributed by atoms with Gasteiger partial charge in [-0.25, -0.2) is 4.98 Å². The maximum Gasteiger partial charge on any atom is 0.122 e. The molecular formula is C17H20ClN5. The number of nitrogens with zero attached hydrogens (tertiary/aromatic N) is 3. The molecule has 0 radical (unpaired) electrons. The summed E-state index contributed by atoms with van der Waals surface area (Å²) in [5.41, 5.74) is 2.01. The second-order valence-corrected chi connectivity index (χ2v) is 5.87. The molecule has 5 nitrogen and oxygen atoms in total. The molecule has 0 atom stereocenters. The third-order valence-electron chi connectivity index (χ3n) is 3.75. The quantitative estimate of drug-likeness (QED) is 0.653. The second-order valence-electron chi connectivity index (χ2n) is 5.43. The molecule has 0 unspecified atom stereocenters. The highest BCUT2D eigenvalue weighted by Crippen LogP contribution is 2.24. The Morgan fingerprint density at radius 2 is 2.04 bits per heavy atom. The van der Waals surface area contributed by atoms with Crippen LogP contribution in [-0.2, 0) is 13.6 Å². The molecule has 0 bridgehead atoms. The summed E-state index contributed by atoms with van der Waals surface area (Å²) >= 11 is 6.01. The molecule has 2 heterocycles. The highest BCUT2D eigenvalue weighted by atomic mass is 35.5. The van der Waals surface area contributed by atoms with E-state index in [-0.39, 0.29) is 0 Å². The lowest BCUT2D eigenvalue weighted by molar-refractivity contribution is 0.623. The molecule has 23 heavy (non-hydrogen) atoms. The molecule has 2 aromatic heterocycles. The first-order valence-corrected chi connectivity index (χ1v) is 8.07. The number of hydrogen-bond acceptors (Lipinski definition) is 4. The lowest BCUT2D eigenvalue weighted by Gasteiger charge is -2.10. The van der Waals surface area contributed by atoms with Crippen LogP contribution in [0.2, 0.25) is 5.02 Å². The van der Waals surface area contributed by atoms with Gasteiger partial charge in [0.05, 0.1) is 12.1 Å². The van der Waals surface area contributed by atoms with E-state index in [0.717, 1.165) is 48.5 Å². The zero-order chi connectivity index (χ0) is 16.1. The van der Waals surface area contributed by atoms with Gasteiger partial charge < -0.3 is 15.2 Å². The largest absolute Gasteiger partial charge is 0.384 e. The number of aromatic nitrogens is 3. The first-order valence-electron chi connectivity index (χ1n) is 7.69. The summed E-state index contributed by atoms with van der Waals surface area (Å²) in [6.45, 7) is 2.63. The predicted molar refractivity (Wildman–Crippen MR) is 94.8 cm³/mol. The van der Waals surface area contributed by atoms with Crippen molar-refractivity contribution in [1.29, 1.82) is 0 Å². The Balaban J connectivity index is 1.47. The standard InChI is InChI=1S/C17H20ClN5/c1-23-10-9-22-17(23)12-19-6-2-7-20-15-5-8-21-16-11-13(18)3-4-14(15)16/h3-5,8-11,19H,2,6-7,12H2,1H3,(H,20,21). The normalized spacial score (nSPS) is 11.0. The first kappa shape index (κ1) is 15.8. The first-order chi connectivity index (χ1) is 11.2. The SMILES string of the molecule is Cn1ccnc1CNCCCNc1ccnc2cc(Cl)ccc12. The molecule has 0 saturated heterocycles. The van der Waals surface area contributed by atoms with E-state index in [9.17, 15) is 0 Å². The zero-order valence-electron chi connectivity index (χ0n) is 13.1. The highest BCUT2D eigenvalue weighted by Gasteiger charge is 2.02. The Morgan fingerprint density at radius 3 is 2.87 bits per heavy atom. The van der Waals surface area contributed by atoms with Gasteiger partial charge in [0.1, 0.15) is 5.82 Å². The van der Waals surface area contributed by atoms with E-state index in [0.29, 0.717) is 5.02 Å². The van der Waals surface area contributed by atoms with Crippen molar-refractivity contribution in [2.45, 2.75) is 13.0 Å².